The van der Waals surface area contributed by atoms with Gasteiger partial charge in [-0.25, -0.2) is 0 Å². The van der Waals surface area contributed by atoms with Crippen molar-refractivity contribution in [3.8, 4) is 6.07 Å². The molecule has 1 aromatic rings. The van der Waals surface area contributed by atoms with Gasteiger partial charge in [0, 0.05) is 31.7 Å². The Kier molecular flexibility index (Phi) is 11.6. The second-order valence-electron chi connectivity index (χ2n) is 10.1. The summed E-state index contributed by atoms with van der Waals surface area (Å²) < 4.78 is 7.47. The second-order valence-corrected chi connectivity index (χ2v) is 11.8. The number of unbranched alkanes of at least 4 members (excludes halogenated alkanes) is 4. The number of anilines is 1. The summed E-state index contributed by atoms with van der Waals surface area (Å²) in [6.07, 6.45) is 9.40. The van der Waals surface area contributed by atoms with E-state index in [9.17, 15) is 19.6 Å². The standard InChI is InChI=1S/C29H40N4O4S2/c1-5-8-9-10-11-16-33-27(35)24(39-29(33)38)17-22-20(4)23(18-30)26(34)32(14-6-2)25(22)31-15-12-13-21(19-31)28(36)37-7-3/h17,21H,5-16,19H2,1-4H3/b24-17-. The van der Waals surface area contributed by atoms with Gasteiger partial charge in [0.15, 0.2) is 0 Å². The van der Waals surface area contributed by atoms with Crippen LogP contribution in [0.3, 0.4) is 0 Å². The van der Waals surface area contributed by atoms with E-state index in [0.29, 0.717) is 65.4 Å². The molecule has 3 heterocycles. The van der Waals surface area contributed by atoms with Gasteiger partial charge in [0.2, 0.25) is 0 Å². The second kappa shape index (κ2) is 14.7. The largest absolute Gasteiger partial charge is 0.466 e. The molecule has 2 saturated heterocycles. The molecule has 0 spiro atoms. The number of amides is 1. The lowest BCUT2D eigenvalue weighted by atomic mass is 9.96. The molecule has 2 aliphatic rings. The van der Waals surface area contributed by atoms with E-state index >= 15 is 0 Å². The molecule has 1 aromatic heterocycles. The third-order valence-electron chi connectivity index (χ3n) is 7.27. The monoisotopic (exact) mass is 572 g/mol. The summed E-state index contributed by atoms with van der Waals surface area (Å²) in [5.74, 6) is -0.0327. The van der Waals surface area contributed by atoms with Gasteiger partial charge < -0.3 is 9.64 Å². The third kappa shape index (κ3) is 7.12. The summed E-state index contributed by atoms with van der Waals surface area (Å²) in [6.45, 7) is 10.1. The van der Waals surface area contributed by atoms with Gasteiger partial charge in [0.05, 0.1) is 17.4 Å². The van der Waals surface area contributed by atoms with Gasteiger partial charge in [0.25, 0.3) is 11.5 Å². The van der Waals surface area contributed by atoms with E-state index in [1.54, 1.807) is 29.4 Å². The number of thioether (sulfide) groups is 1. The molecule has 0 N–H and O–H groups in total. The maximum atomic E-state index is 13.4. The number of carbonyl (C=O) groups excluding carboxylic acids is 2. The Balaban J connectivity index is 2.05. The number of piperidine rings is 1. The number of ether oxygens (including phenoxy) is 1. The number of thiocarbonyl (C=S) groups is 1. The van der Waals surface area contributed by atoms with Crippen LogP contribution in [0.25, 0.3) is 6.08 Å². The molecule has 39 heavy (non-hydrogen) atoms. The molecule has 0 aliphatic carbocycles. The fourth-order valence-corrected chi connectivity index (χ4v) is 6.53. The first-order valence-electron chi connectivity index (χ1n) is 14.1. The Morgan fingerprint density at radius 1 is 1.15 bits per heavy atom. The highest BCUT2D eigenvalue weighted by Crippen LogP contribution is 2.37. The zero-order chi connectivity index (χ0) is 28.5. The lowest BCUT2D eigenvalue weighted by molar-refractivity contribution is -0.148. The van der Waals surface area contributed by atoms with Crippen molar-refractivity contribution in [3.05, 3.63) is 31.9 Å². The Hall–Kier alpha value is -2.64. The normalized spacial score (nSPS) is 18.6. The van der Waals surface area contributed by atoms with Crippen molar-refractivity contribution in [2.75, 3.05) is 31.1 Å². The van der Waals surface area contributed by atoms with Crippen LogP contribution in [0.4, 0.5) is 5.82 Å². The number of esters is 1. The summed E-state index contributed by atoms with van der Waals surface area (Å²) in [5, 5.41) is 9.89. The lowest BCUT2D eigenvalue weighted by Crippen LogP contribution is -2.43. The van der Waals surface area contributed by atoms with Crippen molar-refractivity contribution in [1.82, 2.24) is 9.47 Å². The Labute approximate surface area is 241 Å². The van der Waals surface area contributed by atoms with Crippen LogP contribution in [-0.4, -0.2) is 51.9 Å². The van der Waals surface area contributed by atoms with Crippen molar-refractivity contribution in [1.29, 1.82) is 5.26 Å². The molecular formula is C29H40N4O4S2. The van der Waals surface area contributed by atoms with E-state index in [2.05, 4.69) is 17.9 Å². The average Bonchev–Trinajstić information content (AvgIpc) is 3.19. The summed E-state index contributed by atoms with van der Waals surface area (Å²) >= 11 is 6.83. The van der Waals surface area contributed by atoms with Gasteiger partial charge in [-0.2, -0.15) is 5.26 Å². The van der Waals surface area contributed by atoms with Gasteiger partial charge in [-0.15, -0.1) is 0 Å². The summed E-state index contributed by atoms with van der Waals surface area (Å²) in [7, 11) is 0. The topological polar surface area (TPSA) is 95.6 Å². The molecule has 8 nitrogen and oxygen atoms in total. The van der Waals surface area contributed by atoms with E-state index in [0.717, 1.165) is 38.5 Å². The molecule has 0 saturated carbocycles. The number of hydrogen-bond donors (Lipinski definition) is 0. The van der Waals surface area contributed by atoms with E-state index < -0.39 is 0 Å². The molecule has 0 aromatic carbocycles. The van der Waals surface area contributed by atoms with E-state index in [1.165, 1.54) is 18.2 Å². The summed E-state index contributed by atoms with van der Waals surface area (Å²) in [5.41, 5.74) is 0.922. The fraction of sp³-hybridized carbons (Fsp3) is 0.621. The first kappa shape index (κ1) is 30.9. The molecule has 3 rings (SSSR count). The fourth-order valence-electron chi connectivity index (χ4n) is 5.24. The molecule has 1 unspecified atom stereocenters. The van der Waals surface area contributed by atoms with Gasteiger partial charge in [0.1, 0.15) is 21.8 Å². The van der Waals surface area contributed by atoms with Crippen LogP contribution in [0.1, 0.15) is 88.8 Å². The van der Waals surface area contributed by atoms with Gasteiger partial charge >= 0.3 is 5.97 Å². The number of nitrogens with zero attached hydrogens (tertiary/aromatic N) is 4. The number of aromatic nitrogens is 1. The average molecular weight is 573 g/mol. The smallest absolute Gasteiger partial charge is 0.310 e. The first-order valence-corrected chi connectivity index (χ1v) is 15.4. The van der Waals surface area contributed by atoms with E-state index in [1.807, 2.05) is 6.92 Å². The van der Waals surface area contributed by atoms with Crippen LogP contribution in [0.5, 0.6) is 0 Å². The van der Waals surface area contributed by atoms with Crippen LogP contribution < -0.4 is 10.5 Å². The molecular weight excluding hydrogens is 532 g/mol. The van der Waals surface area contributed by atoms with Crippen molar-refractivity contribution >= 4 is 52.1 Å². The van der Waals surface area contributed by atoms with Crippen LogP contribution in [0, 0.1) is 24.2 Å². The third-order valence-corrected chi connectivity index (χ3v) is 8.65. The van der Waals surface area contributed by atoms with Crippen LogP contribution >= 0.6 is 24.0 Å². The SMILES string of the molecule is CCCCCCCN1C(=O)/C(=C/c2c(C)c(C#N)c(=O)n(CCC)c2N2CCCC(C(=O)OCC)C2)SC1=S. The highest BCUT2D eigenvalue weighted by molar-refractivity contribution is 8.26. The highest BCUT2D eigenvalue weighted by Gasteiger charge is 2.34. The maximum Gasteiger partial charge on any atom is 0.310 e. The number of pyridine rings is 1. The van der Waals surface area contributed by atoms with Crippen molar-refractivity contribution in [2.24, 2.45) is 5.92 Å². The van der Waals surface area contributed by atoms with Crippen molar-refractivity contribution < 1.29 is 14.3 Å². The number of hydrogen-bond acceptors (Lipinski definition) is 8. The molecule has 0 bridgehead atoms. The van der Waals surface area contributed by atoms with Crippen LogP contribution in [-0.2, 0) is 20.9 Å². The van der Waals surface area contributed by atoms with E-state index in [-0.39, 0.29) is 28.9 Å². The van der Waals surface area contributed by atoms with Gasteiger partial charge in [-0.3, -0.25) is 23.9 Å². The molecule has 2 aliphatic heterocycles. The number of nitriles is 1. The number of carbonyl (C=O) groups is 2. The van der Waals surface area contributed by atoms with Gasteiger partial charge in [-0.05, 0) is 51.2 Å². The minimum absolute atomic E-state index is 0.0730. The molecule has 1 atom stereocenters. The van der Waals surface area contributed by atoms with Crippen molar-refractivity contribution in [2.45, 2.75) is 85.6 Å². The quantitative estimate of drug-likeness (QED) is 0.142. The predicted molar refractivity (Wildman–Crippen MR) is 161 cm³/mol. The molecule has 1 amide bonds. The summed E-state index contributed by atoms with van der Waals surface area (Å²) in [4.78, 5) is 43.7. The Bertz CT molecular complexity index is 1220. The van der Waals surface area contributed by atoms with Gasteiger partial charge in [-0.1, -0.05) is 63.5 Å². The zero-order valence-corrected chi connectivity index (χ0v) is 25.2. The molecule has 10 heteroatoms. The van der Waals surface area contributed by atoms with E-state index in [4.69, 9.17) is 17.0 Å². The zero-order valence-electron chi connectivity index (χ0n) is 23.6. The van der Waals surface area contributed by atoms with Crippen LogP contribution in [0.15, 0.2) is 9.70 Å². The van der Waals surface area contributed by atoms with Crippen molar-refractivity contribution in [3.63, 3.8) is 0 Å². The Morgan fingerprint density at radius 3 is 2.56 bits per heavy atom. The molecule has 2 fully saturated rings. The minimum atomic E-state index is -0.345. The minimum Gasteiger partial charge on any atom is -0.466 e. The molecule has 0 radical (unpaired) electrons. The Morgan fingerprint density at radius 2 is 1.90 bits per heavy atom. The van der Waals surface area contributed by atoms with Crippen LogP contribution in [0.2, 0.25) is 0 Å². The highest BCUT2D eigenvalue weighted by atomic mass is 32.2. The number of rotatable bonds is 12. The predicted octanol–water partition coefficient (Wildman–Crippen LogP) is 5.39. The summed E-state index contributed by atoms with van der Waals surface area (Å²) in [6, 6.07) is 2.09. The molecule has 212 valence electrons. The first-order chi connectivity index (χ1) is 18.8. The lowest BCUT2D eigenvalue weighted by Gasteiger charge is -2.36. The maximum absolute atomic E-state index is 13.4.